The predicted molar refractivity (Wildman–Crippen MR) is 92.2 cm³/mol. The number of amides is 1. The molecule has 3 heterocycles. The molecule has 26 heavy (non-hydrogen) atoms. The number of carbonyl (C=O) groups excluding carboxylic acids is 1. The Morgan fingerprint density at radius 3 is 2.92 bits per heavy atom. The lowest BCUT2D eigenvalue weighted by Crippen LogP contribution is -2.27. The van der Waals surface area contributed by atoms with E-state index in [4.69, 9.17) is 4.52 Å². The summed E-state index contributed by atoms with van der Waals surface area (Å²) < 4.78 is 7.58. The molecule has 0 unspecified atom stereocenters. The molecule has 1 amide bonds. The Balaban J connectivity index is 1.46. The topological polar surface area (TPSA) is 102 Å². The molecule has 1 N–H and O–H groups in total. The molecule has 1 atom stereocenters. The van der Waals surface area contributed by atoms with Crippen LogP contribution in [0, 0.1) is 6.92 Å². The summed E-state index contributed by atoms with van der Waals surface area (Å²) in [5.74, 6) is 2.30. The molecule has 2 aromatic heterocycles. The average Bonchev–Trinajstić information content (AvgIpc) is 3.01. The van der Waals surface area contributed by atoms with E-state index in [2.05, 4.69) is 42.0 Å². The quantitative estimate of drug-likeness (QED) is 0.801. The molecule has 0 bridgehead atoms. The van der Waals surface area contributed by atoms with Crippen LogP contribution in [-0.4, -0.2) is 48.3 Å². The highest BCUT2D eigenvalue weighted by Gasteiger charge is 2.33. The largest absolute Gasteiger partial charge is 0.346 e. The highest BCUT2D eigenvalue weighted by molar-refractivity contribution is 5.90. The van der Waals surface area contributed by atoms with Crippen molar-refractivity contribution in [1.29, 1.82) is 0 Å². The van der Waals surface area contributed by atoms with Gasteiger partial charge in [0.2, 0.25) is 5.89 Å². The third-order valence-electron chi connectivity index (χ3n) is 5.01. The number of aromatic nitrogens is 5. The van der Waals surface area contributed by atoms with E-state index in [1.54, 1.807) is 0 Å². The van der Waals surface area contributed by atoms with Crippen molar-refractivity contribution < 1.29 is 9.32 Å². The predicted octanol–water partition coefficient (Wildman–Crippen LogP) is 1.61. The van der Waals surface area contributed by atoms with Gasteiger partial charge in [-0.1, -0.05) is 12.1 Å². The molecule has 140 valence electrons. The standard InChI is InChI=1S/C17H25N7O2/c1-3-8-24-11(2)20-21-14(24)10-23-9-4-5-13(23)17-19-15(22-26-17)16(25)18-12-6-7-12/h12-13H,3-10H2,1-2H3,(H,18,25)/t13-/m0/s1. The Kier molecular flexibility index (Phi) is 4.71. The Morgan fingerprint density at radius 2 is 2.15 bits per heavy atom. The van der Waals surface area contributed by atoms with E-state index >= 15 is 0 Å². The number of aryl methyl sites for hydroxylation is 1. The van der Waals surface area contributed by atoms with Gasteiger partial charge >= 0.3 is 0 Å². The zero-order valence-corrected chi connectivity index (χ0v) is 15.3. The van der Waals surface area contributed by atoms with Crippen LogP contribution in [0.4, 0.5) is 0 Å². The molecule has 1 aliphatic heterocycles. The molecule has 2 aromatic rings. The van der Waals surface area contributed by atoms with Crippen LogP contribution in [0.15, 0.2) is 4.52 Å². The number of hydrogen-bond donors (Lipinski definition) is 1. The Hall–Kier alpha value is -2.29. The second-order valence-electron chi connectivity index (χ2n) is 7.15. The third kappa shape index (κ3) is 3.48. The van der Waals surface area contributed by atoms with Crippen LogP contribution < -0.4 is 5.32 Å². The summed E-state index contributed by atoms with van der Waals surface area (Å²) in [7, 11) is 0. The summed E-state index contributed by atoms with van der Waals surface area (Å²) in [5, 5.41) is 15.3. The highest BCUT2D eigenvalue weighted by atomic mass is 16.5. The van der Waals surface area contributed by atoms with E-state index < -0.39 is 0 Å². The van der Waals surface area contributed by atoms with Crippen molar-refractivity contribution >= 4 is 5.91 Å². The van der Waals surface area contributed by atoms with Crippen LogP contribution in [0.1, 0.15) is 73.2 Å². The second-order valence-corrected chi connectivity index (χ2v) is 7.15. The fourth-order valence-electron chi connectivity index (χ4n) is 3.47. The van der Waals surface area contributed by atoms with E-state index in [-0.39, 0.29) is 23.8 Å². The maximum Gasteiger partial charge on any atom is 0.292 e. The number of hydrogen-bond acceptors (Lipinski definition) is 7. The van der Waals surface area contributed by atoms with Crippen molar-refractivity contribution in [2.24, 2.45) is 0 Å². The van der Waals surface area contributed by atoms with Gasteiger partial charge in [0.1, 0.15) is 11.6 Å². The van der Waals surface area contributed by atoms with Gasteiger partial charge in [-0.15, -0.1) is 10.2 Å². The van der Waals surface area contributed by atoms with Crippen LogP contribution >= 0.6 is 0 Å². The van der Waals surface area contributed by atoms with Crippen LogP contribution in [0.2, 0.25) is 0 Å². The molecule has 1 saturated heterocycles. The van der Waals surface area contributed by atoms with Crippen LogP contribution in [0.3, 0.4) is 0 Å². The average molecular weight is 359 g/mol. The molecule has 9 nitrogen and oxygen atoms in total. The number of carbonyl (C=O) groups is 1. The van der Waals surface area contributed by atoms with Gasteiger partial charge in [0, 0.05) is 12.6 Å². The van der Waals surface area contributed by atoms with Crippen LogP contribution in [0.5, 0.6) is 0 Å². The van der Waals surface area contributed by atoms with E-state index in [9.17, 15) is 4.79 Å². The van der Waals surface area contributed by atoms with Crippen molar-refractivity contribution in [2.75, 3.05) is 6.54 Å². The van der Waals surface area contributed by atoms with E-state index in [1.165, 1.54) is 0 Å². The molecule has 2 aliphatic rings. The molecular weight excluding hydrogens is 334 g/mol. The molecule has 9 heteroatoms. The minimum atomic E-state index is -0.245. The van der Waals surface area contributed by atoms with Gasteiger partial charge in [-0.25, -0.2) is 0 Å². The maximum atomic E-state index is 12.1. The lowest BCUT2D eigenvalue weighted by atomic mass is 10.2. The third-order valence-corrected chi connectivity index (χ3v) is 5.01. The number of nitrogens with one attached hydrogen (secondary N) is 1. The normalized spacial score (nSPS) is 20.6. The van der Waals surface area contributed by atoms with E-state index in [0.717, 1.165) is 56.8 Å². The SMILES string of the molecule is CCCn1c(C)nnc1CN1CCC[C@H]1c1nc(C(=O)NC2CC2)no1. The highest BCUT2D eigenvalue weighted by Crippen LogP contribution is 2.32. The van der Waals surface area contributed by atoms with Gasteiger partial charge in [0.05, 0.1) is 12.6 Å². The summed E-state index contributed by atoms with van der Waals surface area (Å²) in [4.78, 5) is 18.7. The molecule has 2 fully saturated rings. The monoisotopic (exact) mass is 359 g/mol. The number of likely N-dealkylation sites (tertiary alicyclic amines) is 1. The fraction of sp³-hybridized carbons (Fsp3) is 0.706. The lowest BCUT2D eigenvalue weighted by molar-refractivity contribution is 0.0937. The van der Waals surface area contributed by atoms with Crippen molar-refractivity contribution in [3.8, 4) is 0 Å². The molecule has 0 spiro atoms. The summed E-state index contributed by atoms with van der Waals surface area (Å²) in [5.41, 5.74) is 0. The first-order valence-corrected chi connectivity index (χ1v) is 9.43. The van der Waals surface area contributed by atoms with E-state index in [1.807, 2.05) is 6.92 Å². The van der Waals surface area contributed by atoms with Gasteiger partial charge in [-0.3, -0.25) is 9.69 Å². The van der Waals surface area contributed by atoms with Crippen molar-refractivity contribution in [2.45, 2.75) is 71.1 Å². The fourth-order valence-corrected chi connectivity index (χ4v) is 3.47. The smallest absolute Gasteiger partial charge is 0.292 e. The Labute approximate surface area is 152 Å². The lowest BCUT2D eigenvalue weighted by Gasteiger charge is -2.21. The molecule has 1 saturated carbocycles. The van der Waals surface area contributed by atoms with Gasteiger partial charge in [-0.05, 0) is 45.6 Å². The molecule has 0 radical (unpaired) electrons. The van der Waals surface area contributed by atoms with Gasteiger partial charge in [0.25, 0.3) is 11.7 Å². The summed E-state index contributed by atoms with van der Waals surface area (Å²) >= 11 is 0. The van der Waals surface area contributed by atoms with Crippen molar-refractivity contribution in [3.63, 3.8) is 0 Å². The Bertz CT molecular complexity index is 780. The molecule has 0 aromatic carbocycles. The molecule has 4 rings (SSSR count). The zero-order chi connectivity index (χ0) is 18.1. The number of rotatable bonds is 7. The first kappa shape index (κ1) is 17.1. The second kappa shape index (κ2) is 7.14. The van der Waals surface area contributed by atoms with Gasteiger partial charge in [0.15, 0.2) is 0 Å². The summed E-state index contributed by atoms with van der Waals surface area (Å²) in [6.07, 6.45) is 5.10. The van der Waals surface area contributed by atoms with Crippen molar-refractivity contribution in [3.05, 3.63) is 23.4 Å². The van der Waals surface area contributed by atoms with E-state index in [0.29, 0.717) is 12.4 Å². The molecule has 1 aliphatic carbocycles. The van der Waals surface area contributed by atoms with Crippen LogP contribution in [-0.2, 0) is 13.1 Å². The van der Waals surface area contributed by atoms with Crippen molar-refractivity contribution in [1.82, 2.24) is 35.1 Å². The first-order valence-electron chi connectivity index (χ1n) is 9.43. The zero-order valence-electron chi connectivity index (χ0n) is 15.3. The molecular formula is C17H25N7O2. The Morgan fingerprint density at radius 1 is 1.31 bits per heavy atom. The first-order chi connectivity index (χ1) is 12.7. The maximum absolute atomic E-state index is 12.1. The minimum Gasteiger partial charge on any atom is -0.346 e. The number of nitrogens with zero attached hydrogens (tertiary/aromatic N) is 6. The van der Waals surface area contributed by atoms with Crippen LogP contribution in [0.25, 0.3) is 0 Å². The van der Waals surface area contributed by atoms with Gasteiger partial charge < -0.3 is 14.4 Å². The summed E-state index contributed by atoms with van der Waals surface area (Å²) in [6.45, 7) is 6.68. The van der Waals surface area contributed by atoms with Gasteiger partial charge in [-0.2, -0.15) is 4.98 Å². The minimum absolute atomic E-state index is 0.0251. The summed E-state index contributed by atoms with van der Waals surface area (Å²) in [6, 6.07) is 0.303.